The SMILES string of the molecule is C[C@H]1C[C@H](N/C(=C(\C=N)C(=O)N(CCc2c(Cl)c[nH]c(=O)c2Cl)CC(C)(C)C)C(F)(F)F)CC[C@H]1C(=O)O. The summed E-state index contributed by atoms with van der Waals surface area (Å²) in [5, 5.41) is 19.4. The van der Waals surface area contributed by atoms with E-state index in [1.807, 2.05) is 0 Å². The summed E-state index contributed by atoms with van der Waals surface area (Å²) in [6.45, 7) is 7.02. The van der Waals surface area contributed by atoms with Crippen molar-refractivity contribution < 1.29 is 27.9 Å². The highest BCUT2D eigenvalue weighted by Gasteiger charge is 2.42. The van der Waals surface area contributed by atoms with Crippen molar-refractivity contribution in [2.45, 2.75) is 65.6 Å². The number of carbonyl (C=O) groups excluding carboxylic acids is 1. The number of amides is 1. The van der Waals surface area contributed by atoms with Crippen LogP contribution in [0.3, 0.4) is 0 Å². The molecule has 3 atom stereocenters. The first kappa shape index (κ1) is 31.7. The lowest BCUT2D eigenvalue weighted by Crippen LogP contribution is -2.45. The van der Waals surface area contributed by atoms with Crippen LogP contribution in [0.5, 0.6) is 0 Å². The number of alkyl halides is 3. The second-order valence-electron chi connectivity index (χ2n) is 10.8. The van der Waals surface area contributed by atoms with E-state index in [1.54, 1.807) is 27.7 Å². The molecule has 2 rings (SSSR count). The standard InChI is InChI=1S/C25H33Cl2F3N4O4/c1-13-9-14(5-6-15(13)23(37)38)33-20(25(28,29)30)17(10-31)22(36)34(12-24(2,3)4)8-7-16-18(26)11-32-21(35)19(16)27/h10-11,13-15,31,33H,5-9,12H2,1-4H3,(H,32,35)(H,37,38)/b20-17+,31-10?/t13-,14+,15+/m0/s1. The number of carboxylic acid groups (broad SMARTS) is 1. The van der Waals surface area contributed by atoms with E-state index in [9.17, 15) is 32.7 Å². The molecular weight excluding hydrogens is 548 g/mol. The monoisotopic (exact) mass is 580 g/mol. The van der Waals surface area contributed by atoms with Crippen LogP contribution in [0.25, 0.3) is 0 Å². The van der Waals surface area contributed by atoms with Gasteiger partial charge in [0.1, 0.15) is 10.7 Å². The number of aromatic amines is 1. The summed E-state index contributed by atoms with van der Waals surface area (Å²) in [4.78, 5) is 40.3. The molecule has 1 heterocycles. The number of carbonyl (C=O) groups is 2. The second kappa shape index (κ2) is 12.5. The predicted octanol–water partition coefficient (Wildman–Crippen LogP) is 5.04. The Balaban J connectivity index is 2.42. The van der Waals surface area contributed by atoms with Crippen molar-refractivity contribution in [2.24, 2.45) is 17.3 Å². The molecule has 1 aromatic rings. The van der Waals surface area contributed by atoms with Crippen molar-refractivity contribution in [2.75, 3.05) is 13.1 Å². The molecule has 0 aromatic carbocycles. The maximum absolute atomic E-state index is 14.2. The van der Waals surface area contributed by atoms with Gasteiger partial charge in [-0.1, -0.05) is 50.9 Å². The molecule has 0 spiro atoms. The molecule has 4 N–H and O–H groups in total. The van der Waals surface area contributed by atoms with E-state index in [0.29, 0.717) is 6.21 Å². The van der Waals surface area contributed by atoms with Crippen molar-refractivity contribution >= 4 is 41.3 Å². The van der Waals surface area contributed by atoms with Gasteiger partial charge in [0.15, 0.2) is 0 Å². The Morgan fingerprint density at radius 3 is 2.39 bits per heavy atom. The van der Waals surface area contributed by atoms with Crippen LogP contribution >= 0.6 is 23.2 Å². The number of aromatic nitrogens is 1. The number of halogens is 5. The van der Waals surface area contributed by atoms with Crippen molar-refractivity contribution in [1.29, 1.82) is 5.41 Å². The molecule has 1 amide bonds. The van der Waals surface area contributed by atoms with Crippen LogP contribution in [0, 0.1) is 22.7 Å². The third-order valence-electron chi connectivity index (χ3n) is 6.43. The summed E-state index contributed by atoms with van der Waals surface area (Å²) in [5.74, 6) is -3.02. The molecule has 1 fully saturated rings. The average molecular weight is 581 g/mol. The fraction of sp³-hybridized carbons (Fsp3) is 0.600. The van der Waals surface area contributed by atoms with Gasteiger partial charge in [-0.2, -0.15) is 13.2 Å². The van der Waals surface area contributed by atoms with E-state index >= 15 is 0 Å². The summed E-state index contributed by atoms with van der Waals surface area (Å²) in [5.41, 5.74) is -3.05. The van der Waals surface area contributed by atoms with Crippen LogP contribution in [0.4, 0.5) is 13.2 Å². The number of allylic oxidation sites excluding steroid dienone is 1. The lowest BCUT2D eigenvalue weighted by Gasteiger charge is -2.35. The molecule has 13 heteroatoms. The van der Waals surface area contributed by atoms with Gasteiger partial charge in [0, 0.05) is 31.5 Å². The number of nitrogens with one attached hydrogen (secondary N) is 3. The summed E-state index contributed by atoms with van der Waals surface area (Å²) in [6.07, 6.45) is -2.81. The number of pyridine rings is 1. The minimum absolute atomic E-state index is 0.000181. The van der Waals surface area contributed by atoms with Crippen LogP contribution in [0.1, 0.15) is 52.5 Å². The first-order chi connectivity index (χ1) is 17.5. The average Bonchev–Trinajstić information content (AvgIpc) is 2.78. The third-order valence-corrected chi connectivity index (χ3v) is 7.17. The number of H-pyrrole nitrogens is 1. The Morgan fingerprint density at radius 2 is 1.89 bits per heavy atom. The van der Waals surface area contributed by atoms with E-state index in [0.717, 1.165) is 0 Å². The van der Waals surface area contributed by atoms with Gasteiger partial charge in [-0.25, -0.2) is 0 Å². The zero-order valence-electron chi connectivity index (χ0n) is 21.6. The van der Waals surface area contributed by atoms with Crippen LogP contribution in [0.15, 0.2) is 22.3 Å². The number of rotatable bonds is 9. The molecule has 8 nitrogen and oxygen atoms in total. The van der Waals surface area contributed by atoms with Crippen molar-refractivity contribution in [3.05, 3.63) is 43.4 Å². The Morgan fingerprint density at radius 1 is 1.26 bits per heavy atom. The normalized spacial score (nSPS) is 20.9. The summed E-state index contributed by atoms with van der Waals surface area (Å²) in [7, 11) is 0. The second-order valence-corrected chi connectivity index (χ2v) is 11.6. The largest absolute Gasteiger partial charge is 0.481 e. The number of aliphatic carboxylic acids is 1. The van der Waals surface area contributed by atoms with E-state index in [2.05, 4.69) is 10.3 Å². The molecule has 212 valence electrons. The summed E-state index contributed by atoms with van der Waals surface area (Å²) >= 11 is 12.2. The highest BCUT2D eigenvalue weighted by molar-refractivity contribution is 6.35. The van der Waals surface area contributed by atoms with Crippen molar-refractivity contribution in [3.63, 3.8) is 0 Å². The van der Waals surface area contributed by atoms with Gasteiger partial charge in [-0.05, 0) is 42.6 Å². The lowest BCUT2D eigenvalue weighted by atomic mass is 9.78. The predicted molar refractivity (Wildman–Crippen MR) is 140 cm³/mol. The fourth-order valence-corrected chi connectivity index (χ4v) is 5.19. The van der Waals surface area contributed by atoms with Gasteiger partial charge in [0.05, 0.1) is 16.5 Å². The van der Waals surface area contributed by atoms with Gasteiger partial charge < -0.3 is 25.7 Å². The van der Waals surface area contributed by atoms with Crippen LogP contribution in [0.2, 0.25) is 10.0 Å². The number of hydrogen-bond acceptors (Lipinski definition) is 5. The van der Waals surface area contributed by atoms with Crippen LogP contribution in [-0.4, -0.2) is 58.4 Å². The number of carboxylic acids is 1. The first-order valence-electron chi connectivity index (χ1n) is 12.1. The molecule has 1 aliphatic rings. The molecule has 0 saturated heterocycles. The van der Waals surface area contributed by atoms with Gasteiger partial charge >= 0.3 is 12.1 Å². The third kappa shape index (κ3) is 8.23. The van der Waals surface area contributed by atoms with Gasteiger partial charge in [-0.15, -0.1) is 0 Å². The Hall–Kier alpha value is -2.53. The number of hydrogen-bond donors (Lipinski definition) is 4. The van der Waals surface area contributed by atoms with Crippen molar-refractivity contribution in [1.82, 2.24) is 15.2 Å². The van der Waals surface area contributed by atoms with E-state index < -0.39 is 52.3 Å². The first-order valence-corrected chi connectivity index (χ1v) is 12.9. The molecule has 38 heavy (non-hydrogen) atoms. The molecule has 0 unspecified atom stereocenters. The zero-order chi connectivity index (χ0) is 29.0. The quantitative estimate of drug-likeness (QED) is 0.240. The Labute approximate surface area is 229 Å². The highest BCUT2D eigenvalue weighted by atomic mass is 35.5. The van der Waals surface area contributed by atoms with E-state index in [1.165, 1.54) is 11.1 Å². The van der Waals surface area contributed by atoms with Gasteiger partial charge in [0.25, 0.3) is 11.5 Å². The van der Waals surface area contributed by atoms with Crippen LogP contribution < -0.4 is 10.9 Å². The molecule has 0 bridgehead atoms. The molecule has 1 aromatic heterocycles. The van der Waals surface area contributed by atoms with Gasteiger partial charge in [-0.3, -0.25) is 14.4 Å². The van der Waals surface area contributed by atoms with Crippen molar-refractivity contribution in [3.8, 4) is 0 Å². The highest BCUT2D eigenvalue weighted by Crippen LogP contribution is 2.34. The Bertz CT molecular complexity index is 1140. The minimum atomic E-state index is -4.97. The minimum Gasteiger partial charge on any atom is -0.481 e. The summed E-state index contributed by atoms with van der Waals surface area (Å²) < 4.78 is 42.6. The van der Waals surface area contributed by atoms with Crippen LogP contribution in [-0.2, 0) is 16.0 Å². The maximum Gasteiger partial charge on any atom is 0.431 e. The fourth-order valence-electron chi connectivity index (χ4n) is 4.64. The molecule has 0 aliphatic heterocycles. The zero-order valence-corrected chi connectivity index (χ0v) is 23.2. The molecule has 1 aliphatic carbocycles. The maximum atomic E-state index is 14.2. The molecular formula is C25H33Cl2F3N4O4. The molecule has 0 radical (unpaired) electrons. The van der Waals surface area contributed by atoms with E-state index in [4.69, 9.17) is 28.6 Å². The number of nitrogens with zero attached hydrogens (tertiary/aromatic N) is 1. The smallest absolute Gasteiger partial charge is 0.431 e. The Kier molecular flexibility index (Phi) is 10.5. The lowest BCUT2D eigenvalue weighted by molar-refractivity contribution is -0.145. The topological polar surface area (TPSA) is 126 Å². The van der Waals surface area contributed by atoms with E-state index in [-0.39, 0.29) is 60.3 Å². The van der Waals surface area contributed by atoms with Gasteiger partial charge in [0.2, 0.25) is 0 Å². The molecule has 1 saturated carbocycles. The summed E-state index contributed by atoms with van der Waals surface area (Å²) in [6, 6.07) is -0.718.